The van der Waals surface area contributed by atoms with Gasteiger partial charge in [0.2, 0.25) is 0 Å². The van der Waals surface area contributed by atoms with Crippen molar-refractivity contribution in [2.24, 2.45) is 11.3 Å². The average Bonchev–Trinajstić information content (AvgIpc) is 1.62. The molecule has 0 aliphatic heterocycles. The van der Waals surface area contributed by atoms with Gasteiger partial charge in [-0.15, -0.1) is 0 Å². The second kappa shape index (κ2) is 3.24. The molecule has 0 fully saturated rings. The molecular weight excluding hydrogens is 108 g/mol. The summed E-state index contributed by atoms with van der Waals surface area (Å²) in [4.78, 5) is 0. The van der Waals surface area contributed by atoms with Crippen LogP contribution in [0.2, 0.25) is 0 Å². The standard InChI is InChI=1S/C9H20/c1-6-8(2)7-9(3,4)5/h8H,6-7H2,1-5H3/t8-/m1/s1. The van der Waals surface area contributed by atoms with E-state index >= 15 is 0 Å². The first-order valence-corrected chi connectivity index (χ1v) is 3.95. The highest BCUT2D eigenvalue weighted by molar-refractivity contribution is 4.64. The first-order chi connectivity index (χ1) is 3.95. The number of rotatable bonds is 2. The molecule has 0 aliphatic rings. The van der Waals surface area contributed by atoms with Crippen LogP contribution < -0.4 is 0 Å². The van der Waals surface area contributed by atoms with Crippen LogP contribution in [0.4, 0.5) is 0 Å². The SMILES string of the molecule is CC[C@@H](C)CC(C)(C)C. The molecule has 0 heterocycles. The van der Waals surface area contributed by atoms with Crippen molar-refractivity contribution in [1.29, 1.82) is 0 Å². The third-order valence-electron chi connectivity index (χ3n) is 1.66. The molecule has 1 atom stereocenters. The molecule has 0 saturated carbocycles. The molecule has 0 aliphatic carbocycles. The third kappa shape index (κ3) is 5.88. The Kier molecular flexibility index (Phi) is 3.24. The molecule has 0 N–H and O–H groups in total. The van der Waals surface area contributed by atoms with Crippen molar-refractivity contribution in [2.45, 2.75) is 47.5 Å². The van der Waals surface area contributed by atoms with Gasteiger partial charge in [-0.25, -0.2) is 0 Å². The second-order valence-electron chi connectivity index (χ2n) is 4.28. The fourth-order valence-electron chi connectivity index (χ4n) is 1.19. The third-order valence-corrected chi connectivity index (χ3v) is 1.66. The van der Waals surface area contributed by atoms with E-state index in [0.717, 1.165) is 5.92 Å². The fourth-order valence-corrected chi connectivity index (χ4v) is 1.19. The Hall–Kier alpha value is 0. The fraction of sp³-hybridized carbons (Fsp3) is 1.00. The Labute approximate surface area is 59.7 Å². The monoisotopic (exact) mass is 128 g/mol. The van der Waals surface area contributed by atoms with Crippen LogP contribution in [-0.2, 0) is 0 Å². The zero-order valence-corrected chi connectivity index (χ0v) is 7.49. The van der Waals surface area contributed by atoms with E-state index in [2.05, 4.69) is 34.6 Å². The quantitative estimate of drug-likeness (QED) is 0.534. The molecule has 0 unspecified atom stereocenters. The lowest BCUT2D eigenvalue weighted by Gasteiger charge is -2.21. The lowest BCUT2D eigenvalue weighted by molar-refractivity contribution is 0.302. The van der Waals surface area contributed by atoms with Gasteiger partial charge in [0.25, 0.3) is 0 Å². The molecule has 0 rings (SSSR count). The average molecular weight is 128 g/mol. The lowest BCUT2D eigenvalue weighted by Crippen LogP contribution is -2.09. The van der Waals surface area contributed by atoms with Crippen molar-refractivity contribution >= 4 is 0 Å². The molecule has 0 spiro atoms. The van der Waals surface area contributed by atoms with Crippen LogP contribution in [0.1, 0.15) is 47.5 Å². The van der Waals surface area contributed by atoms with Gasteiger partial charge in [-0.3, -0.25) is 0 Å². The van der Waals surface area contributed by atoms with Crippen LogP contribution in [-0.4, -0.2) is 0 Å². The van der Waals surface area contributed by atoms with Crippen LogP contribution in [0.15, 0.2) is 0 Å². The van der Waals surface area contributed by atoms with E-state index in [4.69, 9.17) is 0 Å². The van der Waals surface area contributed by atoms with E-state index in [1.807, 2.05) is 0 Å². The molecule has 0 aromatic rings. The molecule has 0 aromatic carbocycles. The first kappa shape index (κ1) is 9.00. The first-order valence-electron chi connectivity index (χ1n) is 3.95. The van der Waals surface area contributed by atoms with Gasteiger partial charge in [-0.2, -0.15) is 0 Å². The van der Waals surface area contributed by atoms with Crippen molar-refractivity contribution in [3.63, 3.8) is 0 Å². The molecule has 0 aromatic heterocycles. The minimum Gasteiger partial charge on any atom is -0.0651 e. The maximum absolute atomic E-state index is 2.32. The summed E-state index contributed by atoms with van der Waals surface area (Å²) in [6.07, 6.45) is 2.67. The summed E-state index contributed by atoms with van der Waals surface area (Å²) in [5.41, 5.74) is 0.523. The summed E-state index contributed by atoms with van der Waals surface area (Å²) in [5, 5.41) is 0. The maximum atomic E-state index is 2.32. The second-order valence-corrected chi connectivity index (χ2v) is 4.28. The Morgan fingerprint density at radius 2 is 1.67 bits per heavy atom. The zero-order valence-electron chi connectivity index (χ0n) is 7.49. The van der Waals surface area contributed by atoms with E-state index < -0.39 is 0 Å². The summed E-state index contributed by atoms with van der Waals surface area (Å²) in [5.74, 6) is 0.894. The van der Waals surface area contributed by atoms with Crippen molar-refractivity contribution in [2.75, 3.05) is 0 Å². The van der Waals surface area contributed by atoms with Crippen LogP contribution in [0.3, 0.4) is 0 Å². The number of hydrogen-bond acceptors (Lipinski definition) is 0. The van der Waals surface area contributed by atoms with E-state index in [9.17, 15) is 0 Å². The predicted molar refractivity (Wildman–Crippen MR) is 43.5 cm³/mol. The van der Waals surface area contributed by atoms with Crippen LogP contribution >= 0.6 is 0 Å². The Morgan fingerprint density at radius 3 is 1.78 bits per heavy atom. The normalized spacial score (nSPS) is 15.7. The largest absolute Gasteiger partial charge is 0.0651 e. The lowest BCUT2D eigenvalue weighted by atomic mass is 9.84. The van der Waals surface area contributed by atoms with Crippen LogP contribution in [0, 0.1) is 11.3 Å². The minimum absolute atomic E-state index is 0.523. The van der Waals surface area contributed by atoms with Gasteiger partial charge in [-0.1, -0.05) is 41.0 Å². The van der Waals surface area contributed by atoms with Crippen molar-refractivity contribution in [3.8, 4) is 0 Å². The molecule has 56 valence electrons. The van der Waals surface area contributed by atoms with Gasteiger partial charge in [0.1, 0.15) is 0 Å². The van der Waals surface area contributed by atoms with E-state index in [0.29, 0.717) is 5.41 Å². The van der Waals surface area contributed by atoms with Gasteiger partial charge >= 0.3 is 0 Å². The highest BCUT2D eigenvalue weighted by Crippen LogP contribution is 2.25. The molecule has 0 nitrogen and oxygen atoms in total. The summed E-state index contributed by atoms with van der Waals surface area (Å²) in [6, 6.07) is 0. The van der Waals surface area contributed by atoms with E-state index in [-0.39, 0.29) is 0 Å². The predicted octanol–water partition coefficient (Wildman–Crippen LogP) is 3.47. The molecule has 0 heteroatoms. The van der Waals surface area contributed by atoms with Gasteiger partial charge in [0.15, 0.2) is 0 Å². The van der Waals surface area contributed by atoms with Gasteiger partial charge in [-0.05, 0) is 17.8 Å². The van der Waals surface area contributed by atoms with E-state index in [1.54, 1.807) is 0 Å². The summed E-state index contributed by atoms with van der Waals surface area (Å²) in [6.45, 7) is 11.5. The molecule has 0 amide bonds. The molecule has 0 saturated heterocycles. The van der Waals surface area contributed by atoms with Gasteiger partial charge in [0.05, 0.1) is 0 Å². The summed E-state index contributed by atoms with van der Waals surface area (Å²) >= 11 is 0. The van der Waals surface area contributed by atoms with Crippen molar-refractivity contribution in [3.05, 3.63) is 0 Å². The smallest absolute Gasteiger partial charge is 0.0380 e. The van der Waals surface area contributed by atoms with Crippen LogP contribution in [0.25, 0.3) is 0 Å². The molecule has 0 radical (unpaired) electrons. The van der Waals surface area contributed by atoms with Gasteiger partial charge in [0, 0.05) is 0 Å². The highest BCUT2D eigenvalue weighted by atomic mass is 14.2. The Balaban J connectivity index is 3.47. The maximum Gasteiger partial charge on any atom is -0.0380 e. The Bertz CT molecular complexity index is 66.6. The van der Waals surface area contributed by atoms with Gasteiger partial charge < -0.3 is 0 Å². The minimum atomic E-state index is 0.523. The summed E-state index contributed by atoms with van der Waals surface area (Å²) < 4.78 is 0. The molecule has 0 bridgehead atoms. The highest BCUT2D eigenvalue weighted by Gasteiger charge is 2.13. The topological polar surface area (TPSA) is 0 Å². The Morgan fingerprint density at radius 1 is 1.22 bits per heavy atom. The molecular formula is C9H20. The van der Waals surface area contributed by atoms with Crippen LogP contribution in [0.5, 0.6) is 0 Å². The molecule has 9 heavy (non-hydrogen) atoms. The van der Waals surface area contributed by atoms with Crippen molar-refractivity contribution in [1.82, 2.24) is 0 Å². The van der Waals surface area contributed by atoms with E-state index in [1.165, 1.54) is 12.8 Å². The zero-order chi connectivity index (χ0) is 7.49. The summed E-state index contributed by atoms with van der Waals surface area (Å²) in [7, 11) is 0. The number of hydrogen-bond donors (Lipinski definition) is 0. The van der Waals surface area contributed by atoms with Crippen molar-refractivity contribution < 1.29 is 0 Å².